The van der Waals surface area contributed by atoms with Gasteiger partial charge in [-0.15, -0.1) is 0 Å². The minimum absolute atomic E-state index is 0.0146. The Morgan fingerprint density at radius 3 is 2.11 bits per heavy atom. The topological polar surface area (TPSA) is 122 Å². The van der Waals surface area contributed by atoms with Crippen LogP contribution in [0.5, 0.6) is 5.75 Å². The number of nitrogens with zero attached hydrogens (tertiary/aromatic N) is 1. The van der Waals surface area contributed by atoms with Gasteiger partial charge in [-0.1, -0.05) is 31.4 Å². The van der Waals surface area contributed by atoms with Gasteiger partial charge in [-0.3, -0.25) is 4.79 Å². The maximum atomic E-state index is 12.6. The molecule has 2 aromatic rings. The molecule has 9 nitrogen and oxygen atoms in total. The Kier molecular flexibility index (Phi) is 9.22. The van der Waals surface area contributed by atoms with Gasteiger partial charge in [0.25, 0.3) is 5.91 Å². The summed E-state index contributed by atoms with van der Waals surface area (Å²) in [5, 5.41) is 2.78. The summed E-state index contributed by atoms with van der Waals surface area (Å²) in [6, 6.07) is 12.8. The minimum Gasteiger partial charge on any atom is -0.484 e. The molecule has 2 aliphatic rings. The molecule has 1 saturated carbocycles. The zero-order valence-electron chi connectivity index (χ0n) is 20.9. The molecule has 0 aromatic heterocycles. The van der Waals surface area contributed by atoms with Gasteiger partial charge < -0.3 is 10.1 Å². The van der Waals surface area contributed by atoms with Gasteiger partial charge in [0.15, 0.2) is 6.61 Å². The van der Waals surface area contributed by atoms with Gasteiger partial charge in [-0.2, -0.15) is 4.31 Å². The SMILES string of the molecule is O=C(COc1ccc(S(=O)(=O)NC2CCCCC2)cc1)NCCc1ccc(S(=O)(=O)N2CCCC2)cc1. The van der Waals surface area contributed by atoms with Crippen LogP contribution in [0.2, 0.25) is 0 Å². The van der Waals surface area contributed by atoms with E-state index < -0.39 is 20.0 Å². The summed E-state index contributed by atoms with van der Waals surface area (Å²) in [4.78, 5) is 12.6. The van der Waals surface area contributed by atoms with E-state index in [0.29, 0.717) is 36.7 Å². The standard InChI is InChI=1S/C26H35N3O6S2/c30-26(27-17-16-21-8-12-25(13-9-21)37(33,34)29-18-4-5-19-29)20-35-23-10-14-24(15-11-23)36(31,32)28-22-6-2-1-3-7-22/h8-15,22,28H,1-7,16-20H2,(H,27,30). The highest BCUT2D eigenvalue weighted by molar-refractivity contribution is 7.89. The Morgan fingerprint density at radius 1 is 0.838 bits per heavy atom. The van der Waals surface area contributed by atoms with Crippen LogP contribution in [0, 0.1) is 0 Å². The van der Waals surface area contributed by atoms with Gasteiger partial charge in [0, 0.05) is 25.7 Å². The summed E-state index contributed by atoms with van der Waals surface area (Å²) in [5.74, 6) is 0.102. The highest BCUT2D eigenvalue weighted by Crippen LogP contribution is 2.22. The molecule has 0 bridgehead atoms. The molecule has 202 valence electrons. The van der Waals surface area contributed by atoms with Crippen molar-refractivity contribution in [3.05, 3.63) is 54.1 Å². The van der Waals surface area contributed by atoms with Crippen molar-refractivity contribution in [1.82, 2.24) is 14.3 Å². The summed E-state index contributed by atoms with van der Waals surface area (Å²) < 4.78 is 60.2. The molecule has 11 heteroatoms. The van der Waals surface area contributed by atoms with Crippen molar-refractivity contribution in [2.75, 3.05) is 26.2 Å². The first-order valence-corrected chi connectivity index (χ1v) is 15.8. The van der Waals surface area contributed by atoms with E-state index in [4.69, 9.17) is 4.74 Å². The molecule has 0 radical (unpaired) electrons. The Bertz CT molecular complexity index is 1250. The monoisotopic (exact) mass is 549 g/mol. The molecule has 0 atom stereocenters. The van der Waals surface area contributed by atoms with Crippen molar-refractivity contribution >= 4 is 26.0 Å². The second-order valence-electron chi connectivity index (χ2n) is 9.57. The number of carbonyl (C=O) groups excluding carboxylic acids is 1. The van der Waals surface area contributed by atoms with Crippen molar-refractivity contribution in [3.63, 3.8) is 0 Å². The lowest BCUT2D eigenvalue weighted by Gasteiger charge is -2.22. The molecular weight excluding hydrogens is 514 g/mol. The molecule has 1 amide bonds. The number of amides is 1. The Hall–Kier alpha value is -2.47. The van der Waals surface area contributed by atoms with Crippen LogP contribution in [0.3, 0.4) is 0 Å². The molecular formula is C26H35N3O6S2. The lowest BCUT2D eigenvalue weighted by molar-refractivity contribution is -0.123. The predicted octanol–water partition coefficient (Wildman–Crippen LogP) is 2.82. The fraction of sp³-hybridized carbons (Fsp3) is 0.500. The van der Waals surface area contributed by atoms with Gasteiger partial charge in [-0.05, 0) is 74.1 Å². The first-order chi connectivity index (χ1) is 17.7. The van der Waals surface area contributed by atoms with Crippen molar-refractivity contribution in [3.8, 4) is 5.75 Å². The van der Waals surface area contributed by atoms with Crippen LogP contribution >= 0.6 is 0 Å². The number of nitrogens with one attached hydrogen (secondary N) is 2. The summed E-state index contributed by atoms with van der Waals surface area (Å²) in [5.41, 5.74) is 0.917. The number of sulfonamides is 2. The molecule has 2 N–H and O–H groups in total. The van der Waals surface area contributed by atoms with Crippen molar-refractivity contribution in [2.45, 2.75) is 67.2 Å². The number of carbonyl (C=O) groups is 1. The van der Waals surface area contributed by atoms with E-state index in [2.05, 4.69) is 10.0 Å². The zero-order chi connectivity index (χ0) is 26.3. The van der Waals surface area contributed by atoms with E-state index >= 15 is 0 Å². The first-order valence-electron chi connectivity index (χ1n) is 12.8. The van der Waals surface area contributed by atoms with Crippen LogP contribution in [0.25, 0.3) is 0 Å². The number of hydrogen-bond acceptors (Lipinski definition) is 6. The predicted molar refractivity (Wildman–Crippen MR) is 140 cm³/mol. The van der Waals surface area contributed by atoms with E-state index in [1.807, 2.05) is 0 Å². The minimum atomic E-state index is -3.58. The van der Waals surface area contributed by atoms with E-state index in [1.165, 1.54) is 16.4 Å². The molecule has 1 heterocycles. The highest BCUT2D eigenvalue weighted by Gasteiger charge is 2.27. The van der Waals surface area contributed by atoms with Crippen molar-refractivity contribution < 1.29 is 26.4 Å². The molecule has 1 aliphatic carbocycles. The molecule has 1 aliphatic heterocycles. The van der Waals surface area contributed by atoms with E-state index in [-0.39, 0.29) is 23.5 Å². The average Bonchev–Trinajstić information content (AvgIpc) is 3.45. The van der Waals surface area contributed by atoms with Gasteiger partial charge in [0.1, 0.15) is 5.75 Å². The van der Waals surface area contributed by atoms with E-state index in [9.17, 15) is 21.6 Å². The van der Waals surface area contributed by atoms with Crippen molar-refractivity contribution in [2.24, 2.45) is 0 Å². The van der Waals surface area contributed by atoms with Crippen LogP contribution in [0.4, 0.5) is 0 Å². The second kappa shape index (κ2) is 12.4. The normalized spacial score (nSPS) is 17.5. The molecule has 1 saturated heterocycles. The third kappa shape index (κ3) is 7.53. The van der Waals surface area contributed by atoms with Crippen LogP contribution in [-0.2, 0) is 31.3 Å². The third-order valence-corrected chi connectivity index (χ3v) is 10.2. The lowest BCUT2D eigenvalue weighted by Crippen LogP contribution is -2.36. The van der Waals surface area contributed by atoms with Gasteiger partial charge >= 0.3 is 0 Å². The quantitative estimate of drug-likeness (QED) is 0.445. The molecule has 4 rings (SSSR count). The summed E-state index contributed by atoms with van der Waals surface area (Å²) in [7, 11) is -7.01. The number of rotatable bonds is 11. The van der Waals surface area contributed by atoms with Gasteiger partial charge in [-0.25, -0.2) is 21.6 Å². The summed E-state index contributed by atoms with van der Waals surface area (Å²) >= 11 is 0. The summed E-state index contributed by atoms with van der Waals surface area (Å²) in [6.45, 7) is 1.32. The van der Waals surface area contributed by atoms with Crippen LogP contribution < -0.4 is 14.8 Å². The lowest BCUT2D eigenvalue weighted by atomic mass is 9.96. The second-order valence-corrected chi connectivity index (χ2v) is 13.2. The average molecular weight is 550 g/mol. The van der Waals surface area contributed by atoms with E-state index in [1.54, 1.807) is 36.4 Å². The smallest absolute Gasteiger partial charge is 0.257 e. The van der Waals surface area contributed by atoms with Crippen LogP contribution in [0.15, 0.2) is 58.3 Å². The Balaban J connectivity index is 1.19. The molecule has 2 aromatic carbocycles. The van der Waals surface area contributed by atoms with Crippen LogP contribution in [0.1, 0.15) is 50.5 Å². The largest absolute Gasteiger partial charge is 0.484 e. The van der Waals surface area contributed by atoms with E-state index in [0.717, 1.165) is 50.5 Å². The van der Waals surface area contributed by atoms with Crippen molar-refractivity contribution in [1.29, 1.82) is 0 Å². The summed E-state index contributed by atoms with van der Waals surface area (Å²) in [6.07, 6.45) is 7.29. The Labute approximate surface area is 219 Å². The zero-order valence-corrected chi connectivity index (χ0v) is 22.5. The number of hydrogen-bond donors (Lipinski definition) is 2. The molecule has 37 heavy (non-hydrogen) atoms. The van der Waals surface area contributed by atoms with Gasteiger partial charge in [0.05, 0.1) is 9.79 Å². The maximum absolute atomic E-state index is 12.6. The Morgan fingerprint density at radius 2 is 1.46 bits per heavy atom. The third-order valence-electron chi connectivity index (χ3n) is 6.79. The molecule has 2 fully saturated rings. The first kappa shape index (κ1) is 27.6. The fourth-order valence-corrected chi connectivity index (χ4v) is 7.50. The fourth-order valence-electron chi connectivity index (χ4n) is 4.67. The number of benzene rings is 2. The maximum Gasteiger partial charge on any atom is 0.257 e. The molecule has 0 unspecified atom stereocenters. The highest BCUT2D eigenvalue weighted by atomic mass is 32.2. The van der Waals surface area contributed by atoms with Gasteiger partial charge in [0.2, 0.25) is 20.0 Å². The molecule has 0 spiro atoms. The van der Waals surface area contributed by atoms with Crippen LogP contribution in [-0.4, -0.2) is 59.3 Å². The number of ether oxygens (including phenoxy) is 1.